The topological polar surface area (TPSA) is 29.5 Å². The summed E-state index contributed by atoms with van der Waals surface area (Å²) in [7, 11) is 1.62. The Morgan fingerprint density at radius 1 is 1.24 bits per heavy atom. The number of hydrogen-bond acceptors (Lipinski definition) is 2. The summed E-state index contributed by atoms with van der Waals surface area (Å²) in [6.45, 7) is 5.73. The van der Waals surface area contributed by atoms with Gasteiger partial charge < -0.3 is 9.64 Å². The van der Waals surface area contributed by atoms with Crippen LogP contribution in [0.3, 0.4) is 0 Å². The first-order valence-corrected chi connectivity index (χ1v) is 6.08. The number of carbonyl (C=O) groups excluding carboxylic acids is 1. The molecule has 0 atom stereocenters. The van der Waals surface area contributed by atoms with Gasteiger partial charge in [-0.1, -0.05) is 6.07 Å². The molecule has 0 aliphatic carbocycles. The molecule has 1 aromatic carbocycles. The van der Waals surface area contributed by atoms with Crippen molar-refractivity contribution in [3.63, 3.8) is 0 Å². The number of hydrogen-bond donors (Lipinski definition) is 0. The van der Waals surface area contributed by atoms with Crippen molar-refractivity contribution >= 4 is 5.91 Å². The minimum atomic E-state index is 0.103. The number of nitrogens with zero attached hydrogens (tertiary/aromatic N) is 1. The van der Waals surface area contributed by atoms with E-state index in [2.05, 4.69) is 0 Å². The molecule has 3 nitrogen and oxygen atoms in total. The van der Waals surface area contributed by atoms with Gasteiger partial charge in [-0.2, -0.15) is 0 Å². The van der Waals surface area contributed by atoms with Gasteiger partial charge in [-0.3, -0.25) is 4.79 Å². The molecule has 0 N–H and O–H groups in total. The minimum absolute atomic E-state index is 0.103. The average Bonchev–Trinajstić information content (AvgIpc) is 2.80. The Balaban J connectivity index is 2.39. The Morgan fingerprint density at radius 2 is 1.88 bits per heavy atom. The highest BCUT2D eigenvalue weighted by Crippen LogP contribution is 2.27. The van der Waals surface area contributed by atoms with Crippen molar-refractivity contribution in [2.75, 3.05) is 20.2 Å². The Bertz CT molecular complexity index is 434. The summed E-state index contributed by atoms with van der Waals surface area (Å²) < 4.78 is 5.36. The Hall–Kier alpha value is -1.51. The number of aryl methyl sites for hydroxylation is 2. The van der Waals surface area contributed by atoms with E-state index < -0.39 is 0 Å². The molecule has 1 heterocycles. The molecule has 1 amide bonds. The van der Waals surface area contributed by atoms with Crippen molar-refractivity contribution in [2.24, 2.45) is 0 Å². The smallest absolute Gasteiger partial charge is 0.257 e. The van der Waals surface area contributed by atoms with Crippen LogP contribution in [0.1, 0.15) is 34.3 Å². The van der Waals surface area contributed by atoms with Crippen molar-refractivity contribution in [1.82, 2.24) is 4.90 Å². The van der Waals surface area contributed by atoms with Crippen molar-refractivity contribution in [3.8, 4) is 5.75 Å². The zero-order valence-corrected chi connectivity index (χ0v) is 10.7. The van der Waals surface area contributed by atoms with Crippen LogP contribution in [-0.4, -0.2) is 31.0 Å². The summed E-state index contributed by atoms with van der Waals surface area (Å²) in [6.07, 6.45) is 2.22. The third kappa shape index (κ3) is 2.28. The molecular formula is C14H19NO2. The first kappa shape index (κ1) is 12.0. The number of methoxy groups -OCH3 is 1. The highest BCUT2D eigenvalue weighted by atomic mass is 16.5. The Kier molecular flexibility index (Phi) is 3.36. The van der Waals surface area contributed by atoms with Crippen molar-refractivity contribution in [1.29, 1.82) is 0 Å². The van der Waals surface area contributed by atoms with E-state index in [-0.39, 0.29) is 5.91 Å². The Morgan fingerprint density at radius 3 is 2.47 bits per heavy atom. The Labute approximate surface area is 102 Å². The maximum Gasteiger partial charge on any atom is 0.257 e. The molecule has 1 saturated heterocycles. The molecule has 1 aromatic rings. The van der Waals surface area contributed by atoms with Gasteiger partial charge >= 0.3 is 0 Å². The molecule has 0 unspecified atom stereocenters. The fourth-order valence-corrected chi connectivity index (χ4v) is 2.47. The van der Waals surface area contributed by atoms with Gasteiger partial charge in [0.2, 0.25) is 0 Å². The van der Waals surface area contributed by atoms with E-state index >= 15 is 0 Å². The zero-order chi connectivity index (χ0) is 12.4. The van der Waals surface area contributed by atoms with Crippen LogP contribution in [0.15, 0.2) is 12.1 Å². The highest BCUT2D eigenvalue weighted by Gasteiger charge is 2.23. The van der Waals surface area contributed by atoms with Gasteiger partial charge in [0.1, 0.15) is 5.75 Å². The number of benzene rings is 1. The lowest BCUT2D eigenvalue weighted by atomic mass is 10.0. The summed E-state index contributed by atoms with van der Waals surface area (Å²) in [5.41, 5.74) is 2.83. The molecule has 17 heavy (non-hydrogen) atoms. The third-order valence-electron chi connectivity index (χ3n) is 3.25. The molecule has 2 rings (SSSR count). The summed E-state index contributed by atoms with van der Waals surface area (Å²) in [4.78, 5) is 14.3. The van der Waals surface area contributed by atoms with Gasteiger partial charge in [-0.05, 0) is 43.9 Å². The first-order valence-electron chi connectivity index (χ1n) is 6.08. The lowest BCUT2D eigenvalue weighted by Crippen LogP contribution is -2.28. The maximum absolute atomic E-state index is 12.4. The minimum Gasteiger partial charge on any atom is -0.496 e. The molecule has 0 spiro atoms. The van der Waals surface area contributed by atoms with E-state index in [0.717, 1.165) is 37.1 Å². The van der Waals surface area contributed by atoms with Gasteiger partial charge in [-0.25, -0.2) is 0 Å². The molecule has 1 aliphatic heterocycles. The van der Waals surface area contributed by atoms with Crippen LogP contribution in [0.4, 0.5) is 0 Å². The van der Waals surface area contributed by atoms with Crippen LogP contribution in [0.25, 0.3) is 0 Å². The summed E-state index contributed by atoms with van der Waals surface area (Å²) in [5, 5.41) is 0. The van der Waals surface area contributed by atoms with Crippen LogP contribution >= 0.6 is 0 Å². The SMILES string of the molecule is COc1c(C)cc(C)cc1C(=O)N1CCCC1. The van der Waals surface area contributed by atoms with Crippen molar-refractivity contribution in [3.05, 3.63) is 28.8 Å². The third-order valence-corrected chi connectivity index (χ3v) is 3.25. The van der Waals surface area contributed by atoms with E-state index in [0.29, 0.717) is 11.3 Å². The van der Waals surface area contributed by atoms with E-state index in [1.165, 1.54) is 0 Å². The molecule has 1 fully saturated rings. The maximum atomic E-state index is 12.4. The number of rotatable bonds is 2. The largest absolute Gasteiger partial charge is 0.496 e. The van der Waals surface area contributed by atoms with Crippen LogP contribution in [0.5, 0.6) is 5.75 Å². The molecule has 0 radical (unpaired) electrons. The fourth-order valence-electron chi connectivity index (χ4n) is 2.47. The molecule has 0 bridgehead atoms. The van der Waals surface area contributed by atoms with Crippen LogP contribution < -0.4 is 4.74 Å². The summed E-state index contributed by atoms with van der Waals surface area (Å²) in [5.74, 6) is 0.818. The van der Waals surface area contributed by atoms with Crippen molar-refractivity contribution in [2.45, 2.75) is 26.7 Å². The fraction of sp³-hybridized carbons (Fsp3) is 0.500. The predicted molar refractivity (Wildman–Crippen MR) is 67.6 cm³/mol. The second-order valence-corrected chi connectivity index (χ2v) is 4.66. The first-order chi connectivity index (χ1) is 8.13. The average molecular weight is 233 g/mol. The lowest BCUT2D eigenvalue weighted by Gasteiger charge is -2.18. The second-order valence-electron chi connectivity index (χ2n) is 4.66. The molecule has 0 aromatic heterocycles. The van der Waals surface area contributed by atoms with Gasteiger partial charge in [0.15, 0.2) is 0 Å². The van der Waals surface area contributed by atoms with Crippen LogP contribution in [0.2, 0.25) is 0 Å². The van der Waals surface area contributed by atoms with E-state index in [1.807, 2.05) is 30.9 Å². The summed E-state index contributed by atoms with van der Waals surface area (Å²) >= 11 is 0. The van der Waals surface area contributed by atoms with Gasteiger partial charge in [0, 0.05) is 13.1 Å². The number of amides is 1. The normalized spacial score (nSPS) is 15.1. The standard InChI is InChI=1S/C14H19NO2/c1-10-8-11(2)13(17-3)12(9-10)14(16)15-6-4-5-7-15/h8-9H,4-7H2,1-3H3. The van der Waals surface area contributed by atoms with E-state index in [9.17, 15) is 4.79 Å². The number of ether oxygens (including phenoxy) is 1. The molecule has 0 saturated carbocycles. The van der Waals surface area contributed by atoms with Crippen LogP contribution in [0, 0.1) is 13.8 Å². The van der Waals surface area contributed by atoms with Gasteiger partial charge in [0.25, 0.3) is 5.91 Å². The number of likely N-dealkylation sites (tertiary alicyclic amines) is 1. The van der Waals surface area contributed by atoms with Crippen molar-refractivity contribution < 1.29 is 9.53 Å². The monoisotopic (exact) mass is 233 g/mol. The molecule has 3 heteroatoms. The van der Waals surface area contributed by atoms with Gasteiger partial charge in [-0.15, -0.1) is 0 Å². The van der Waals surface area contributed by atoms with E-state index in [4.69, 9.17) is 4.74 Å². The molecule has 1 aliphatic rings. The van der Waals surface area contributed by atoms with Gasteiger partial charge in [0.05, 0.1) is 12.7 Å². The highest BCUT2D eigenvalue weighted by molar-refractivity contribution is 5.97. The summed E-state index contributed by atoms with van der Waals surface area (Å²) in [6, 6.07) is 3.96. The second kappa shape index (κ2) is 4.78. The predicted octanol–water partition coefficient (Wildman–Crippen LogP) is 2.55. The van der Waals surface area contributed by atoms with E-state index in [1.54, 1.807) is 7.11 Å². The zero-order valence-electron chi connectivity index (χ0n) is 10.7. The lowest BCUT2D eigenvalue weighted by molar-refractivity contribution is 0.0789. The quantitative estimate of drug-likeness (QED) is 0.785. The number of carbonyl (C=O) groups is 1. The molecular weight excluding hydrogens is 214 g/mol. The molecule has 92 valence electrons. The van der Waals surface area contributed by atoms with Crippen LogP contribution in [-0.2, 0) is 0 Å².